The lowest BCUT2D eigenvalue weighted by atomic mass is 10.0. The second-order valence-corrected chi connectivity index (χ2v) is 5.34. The van der Waals surface area contributed by atoms with Crippen LogP contribution in [0.2, 0.25) is 0 Å². The number of nitrogens with two attached hydrogens (primary N) is 1. The number of nitrogen functional groups attached to an aromatic ring is 1. The van der Waals surface area contributed by atoms with Crippen LogP contribution in [-0.2, 0) is 0 Å². The molecule has 3 aromatic rings. The summed E-state index contributed by atoms with van der Waals surface area (Å²) in [5, 5.41) is 18.1. The molecular formula is C16H17FN6. The number of benzene rings is 1. The first-order valence-electron chi connectivity index (χ1n) is 7.26. The molecule has 118 valence electrons. The summed E-state index contributed by atoms with van der Waals surface area (Å²) >= 11 is 0. The Hall–Kier alpha value is -2.96. The Morgan fingerprint density at radius 2 is 1.96 bits per heavy atom. The SMILES string of the molecule is CC(CNc1ccc(-c2cc(N)n[nH]2)nn1)c1ccc(F)cc1. The van der Waals surface area contributed by atoms with Crippen LogP contribution in [0, 0.1) is 5.82 Å². The van der Waals surface area contributed by atoms with Gasteiger partial charge in [-0.3, -0.25) is 5.10 Å². The molecule has 2 heterocycles. The Bertz CT molecular complexity index is 766. The molecule has 0 aliphatic rings. The quantitative estimate of drug-likeness (QED) is 0.673. The van der Waals surface area contributed by atoms with Crippen LogP contribution in [0.25, 0.3) is 11.4 Å². The zero-order chi connectivity index (χ0) is 16.2. The third kappa shape index (κ3) is 3.63. The third-order valence-corrected chi connectivity index (χ3v) is 3.57. The molecule has 0 amide bonds. The monoisotopic (exact) mass is 312 g/mol. The standard InChI is InChI=1S/C16H17FN6/c1-10(11-2-4-12(17)5-3-11)9-19-16-7-6-13(20-23-16)14-8-15(18)22-21-14/h2-8,10H,9H2,1H3,(H,19,23)(H3,18,21,22). The van der Waals surface area contributed by atoms with E-state index >= 15 is 0 Å². The molecule has 23 heavy (non-hydrogen) atoms. The fourth-order valence-corrected chi connectivity index (χ4v) is 2.21. The molecule has 0 radical (unpaired) electrons. The van der Waals surface area contributed by atoms with Crippen molar-refractivity contribution in [3.05, 3.63) is 53.8 Å². The predicted molar refractivity (Wildman–Crippen MR) is 87.3 cm³/mol. The van der Waals surface area contributed by atoms with Crippen molar-refractivity contribution in [2.24, 2.45) is 0 Å². The van der Waals surface area contributed by atoms with Crippen LogP contribution in [0.15, 0.2) is 42.5 Å². The Kier molecular flexibility index (Phi) is 4.18. The van der Waals surface area contributed by atoms with E-state index in [2.05, 4.69) is 32.6 Å². The Labute approximate surface area is 133 Å². The summed E-state index contributed by atoms with van der Waals surface area (Å²) in [7, 11) is 0. The zero-order valence-electron chi connectivity index (χ0n) is 12.6. The zero-order valence-corrected chi connectivity index (χ0v) is 12.6. The van der Waals surface area contributed by atoms with Gasteiger partial charge in [0.2, 0.25) is 0 Å². The maximum atomic E-state index is 12.9. The highest BCUT2D eigenvalue weighted by atomic mass is 19.1. The van der Waals surface area contributed by atoms with Gasteiger partial charge in [0.15, 0.2) is 0 Å². The van der Waals surface area contributed by atoms with E-state index in [1.807, 2.05) is 12.1 Å². The van der Waals surface area contributed by atoms with E-state index in [4.69, 9.17) is 5.73 Å². The molecule has 1 unspecified atom stereocenters. The van der Waals surface area contributed by atoms with Gasteiger partial charge in [0.05, 0.1) is 5.69 Å². The van der Waals surface area contributed by atoms with Gasteiger partial charge in [-0.1, -0.05) is 19.1 Å². The number of halogens is 1. The number of H-pyrrole nitrogens is 1. The number of nitrogens with one attached hydrogen (secondary N) is 2. The van der Waals surface area contributed by atoms with Gasteiger partial charge in [-0.2, -0.15) is 5.10 Å². The summed E-state index contributed by atoms with van der Waals surface area (Å²) in [4.78, 5) is 0. The van der Waals surface area contributed by atoms with Gasteiger partial charge in [-0.15, -0.1) is 10.2 Å². The normalized spacial score (nSPS) is 12.1. The molecule has 1 aromatic carbocycles. The molecule has 0 aliphatic carbocycles. The van der Waals surface area contributed by atoms with Crippen LogP contribution >= 0.6 is 0 Å². The molecular weight excluding hydrogens is 295 g/mol. The first-order chi connectivity index (χ1) is 11.1. The van der Waals surface area contributed by atoms with Crippen LogP contribution in [0.3, 0.4) is 0 Å². The van der Waals surface area contributed by atoms with Crippen LogP contribution in [-0.4, -0.2) is 26.9 Å². The van der Waals surface area contributed by atoms with Crippen molar-refractivity contribution in [1.29, 1.82) is 0 Å². The first-order valence-corrected chi connectivity index (χ1v) is 7.26. The maximum absolute atomic E-state index is 12.9. The van der Waals surface area contributed by atoms with Crippen molar-refractivity contribution in [3.8, 4) is 11.4 Å². The molecule has 0 bridgehead atoms. The minimum atomic E-state index is -0.227. The minimum absolute atomic E-state index is 0.226. The van der Waals surface area contributed by atoms with Gasteiger partial charge < -0.3 is 11.1 Å². The van der Waals surface area contributed by atoms with Crippen molar-refractivity contribution in [2.75, 3.05) is 17.6 Å². The van der Waals surface area contributed by atoms with E-state index < -0.39 is 0 Å². The van der Waals surface area contributed by atoms with Gasteiger partial charge in [-0.05, 0) is 35.7 Å². The molecule has 0 spiro atoms. The molecule has 2 aromatic heterocycles. The van der Waals surface area contributed by atoms with Gasteiger partial charge in [0.25, 0.3) is 0 Å². The van der Waals surface area contributed by atoms with Crippen LogP contribution in [0.4, 0.5) is 16.0 Å². The topological polar surface area (TPSA) is 92.5 Å². The van der Waals surface area contributed by atoms with E-state index in [1.54, 1.807) is 18.2 Å². The summed E-state index contributed by atoms with van der Waals surface area (Å²) in [5.74, 6) is 1.09. The van der Waals surface area contributed by atoms with E-state index in [9.17, 15) is 4.39 Å². The van der Waals surface area contributed by atoms with Gasteiger partial charge in [0, 0.05) is 12.6 Å². The molecule has 0 aliphatic heterocycles. The third-order valence-electron chi connectivity index (χ3n) is 3.57. The van der Waals surface area contributed by atoms with Crippen molar-refractivity contribution in [3.63, 3.8) is 0 Å². The van der Waals surface area contributed by atoms with Crippen molar-refractivity contribution >= 4 is 11.6 Å². The molecule has 6 nitrogen and oxygen atoms in total. The molecule has 7 heteroatoms. The summed E-state index contributed by atoms with van der Waals surface area (Å²) in [6.45, 7) is 2.74. The van der Waals surface area contributed by atoms with E-state index in [0.717, 1.165) is 11.3 Å². The Morgan fingerprint density at radius 3 is 2.57 bits per heavy atom. The molecule has 4 N–H and O–H groups in total. The number of rotatable bonds is 5. The highest BCUT2D eigenvalue weighted by Gasteiger charge is 2.07. The van der Waals surface area contributed by atoms with Crippen molar-refractivity contribution in [1.82, 2.24) is 20.4 Å². The largest absolute Gasteiger partial charge is 0.382 e. The second-order valence-electron chi connectivity index (χ2n) is 5.34. The number of hydrogen-bond acceptors (Lipinski definition) is 5. The van der Waals surface area contributed by atoms with Gasteiger partial charge >= 0.3 is 0 Å². The molecule has 0 fully saturated rings. The molecule has 1 atom stereocenters. The van der Waals surface area contributed by atoms with Crippen molar-refractivity contribution in [2.45, 2.75) is 12.8 Å². The lowest BCUT2D eigenvalue weighted by molar-refractivity contribution is 0.626. The van der Waals surface area contributed by atoms with Crippen LogP contribution in [0.1, 0.15) is 18.4 Å². The number of nitrogens with zero attached hydrogens (tertiary/aromatic N) is 3. The highest BCUT2D eigenvalue weighted by Crippen LogP contribution is 2.18. The van der Waals surface area contributed by atoms with E-state index in [1.165, 1.54) is 12.1 Å². The Balaban J connectivity index is 1.61. The van der Waals surface area contributed by atoms with Crippen LogP contribution in [0.5, 0.6) is 0 Å². The molecule has 3 rings (SSSR count). The summed E-state index contributed by atoms with van der Waals surface area (Å²) in [6.07, 6.45) is 0. The van der Waals surface area contributed by atoms with E-state index in [0.29, 0.717) is 23.9 Å². The molecule has 0 saturated carbocycles. The molecule has 0 saturated heterocycles. The summed E-state index contributed by atoms with van der Waals surface area (Å²) in [5.41, 5.74) is 8.03. The summed E-state index contributed by atoms with van der Waals surface area (Å²) < 4.78 is 12.9. The number of aromatic nitrogens is 4. The average molecular weight is 312 g/mol. The predicted octanol–water partition coefficient (Wildman–Crippen LogP) is 2.80. The number of aromatic amines is 1. The van der Waals surface area contributed by atoms with Crippen molar-refractivity contribution < 1.29 is 4.39 Å². The highest BCUT2D eigenvalue weighted by molar-refractivity contribution is 5.58. The average Bonchev–Trinajstić information content (AvgIpc) is 3.00. The van der Waals surface area contributed by atoms with Crippen LogP contribution < -0.4 is 11.1 Å². The minimum Gasteiger partial charge on any atom is -0.382 e. The Morgan fingerprint density at radius 1 is 1.17 bits per heavy atom. The lowest BCUT2D eigenvalue weighted by Gasteiger charge is -2.13. The number of anilines is 2. The van der Waals surface area contributed by atoms with Gasteiger partial charge in [-0.25, -0.2) is 4.39 Å². The number of hydrogen-bond donors (Lipinski definition) is 3. The second kappa shape index (κ2) is 6.43. The first kappa shape index (κ1) is 15.0. The lowest BCUT2D eigenvalue weighted by Crippen LogP contribution is -2.11. The van der Waals surface area contributed by atoms with Gasteiger partial charge in [0.1, 0.15) is 23.1 Å². The maximum Gasteiger partial charge on any atom is 0.148 e. The fourth-order valence-electron chi connectivity index (χ4n) is 2.21. The summed E-state index contributed by atoms with van der Waals surface area (Å²) in [6, 6.07) is 11.9. The smallest absolute Gasteiger partial charge is 0.148 e. The fraction of sp³-hybridized carbons (Fsp3) is 0.188. The van der Waals surface area contributed by atoms with E-state index in [-0.39, 0.29) is 11.7 Å².